The summed E-state index contributed by atoms with van der Waals surface area (Å²) in [6.07, 6.45) is -8.10. The van der Waals surface area contributed by atoms with Crippen molar-refractivity contribution in [3.05, 3.63) is 26.6 Å². The maximum atomic E-state index is 12.5. The lowest BCUT2D eigenvalue weighted by Crippen LogP contribution is -2.17. The molecular weight excluding hydrogens is 364 g/mol. The summed E-state index contributed by atoms with van der Waals surface area (Å²) in [5, 5.41) is 8.58. The van der Waals surface area contributed by atoms with Gasteiger partial charge in [0.2, 0.25) is 0 Å². The molecule has 1 N–H and O–H groups in total. The molecule has 1 rings (SSSR count). The van der Waals surface area contributed by atoms with Crippen LogP contribution in [-0.4, -0.2) is 16.1 Å². The van der Waals surface area contributed by atoms with Crippen LogP contribution in [0.1, 0.15) is 28.0 Å². The summed E-state index contributed by atoms with van der Waals surface area (Å²) in [7, 11) is 0. The summed E-state index contributed by atoms with van der Waals surface area (Å²) in [5.74, 6) is -1.93. The zero-order valence-electron chi connectivity index (χ0n) is 7.73. The third-order valence-electron chi connectivity index (χ3n) is 1.73. The fraction of sp³-hybridized carbons (Fsp3) is 0.250. The second kappa shape index (κ2) is 4.70. The number of carboxylic acids is 1. The van der Waals surface area contributed by atoms with Crippen molar-refractivity contribution in [3.8, 4) is 0 Å². The number of hydrogen-bond donors (Lipinski definition) is 1. The molecule has 1 aromatic heterocycles. The molecule has 17 heavy (non-hydrogen) atoms. The van der Waals surface area contributed by atoms with Gasteiger partial charge in [-0.3, -0.25) is 0 Å². The molecule has 0 saturated carbocycles. The molecule has 1 aromatic rings. The first-order chi connectivity index (χ1) is 7.64. The van der Waals surface area contributed by atoms with E-state index in [0.29, 0.717) is 0 Å². The third-order valence-corrected chi connectivity index (χ3v) is 2.51. The van der Waals surface area contributed by atoms with E-state index in [4.69, 9.17) is 5.11 Å². The lowest BCUT2D eigenvalue weighted by atomic mass is 10.1. The molecule has 1 heterocycles. The van der Waals surface area contributed by atoms with Gasteiger partial charge in [0.15, 0.2) is 0 Å². The molecule has 0 saturated heterocycles. The molecule has 0 radical (unpaired) electrons. The monoisotopic (exact) mass is 367 g/mol. The number of carbonyl (C=O) groups is 1. The van der Waals surface area contributed by atoms with Crippen LogP contribution < -0.4 is 0 Å². The lowest BCUT2D eigenvalue weighted by Gasteiger charge is -2.13. The van der Waals surface area contributed by atoms with Crippen LogP contribution in [-0.2, 0) is 6.18 Å². The molecule has 0 aliphatic carbocycles. The SMILES string of the molecule is O=C(O)c1cc(C(F)F)nc(I)c1C(F)(F)F. The summed E-state index contributed by atoms with van der Waals surface area (Å²) in [5.41, 5.74) is -3.75. The summed E-state index contributed by atoms with van der Waals surface area (Å²) in [6.45, 7) is 0. The van der Waals surface area contributed by atoms with Gasteiger partial charge in [-0.05, 0) is 28.7 Å². The molecule has 9 heteroatoms. The van der Waals surface area contributed by atoms with Crippen molar-refractivity contribution in [1.29, 1.82) is 0 Å². The van der Waals surface area contributed by atoms with Gasteiger partial charge in [0.25, 0.3) is 6.43 Å². The molecule has 0 bridgehead atoms. The minimum Gasteiger partial charge on any atom is -0.478 e. The van der Waals surface area contributed by atoms with Crippen molar-refractivity contribution in [2.24, 2.45) is 0 Å². The predicted molar refractivity (Wildman–Crippen MR) is 53.9 cm³/mol. The zero-order valence-corrected chi connectivity index (χ0v) is 9.88. The van der Waals surface area contributed by atoms with Crippen molar-refractivity contribution >= 4 is 28.6 Å². The minimum atomic E-state index is -4.96. The van der Waals surface area contributed by atoms with E-state index < -0.39 is 39.1 Å². The highest BCUT2D eigenvalue weighted by Crippen LogP contribution is 2.36. The number of pyridine rings is 1. The van der Waals surface area contributed by atoms with Crippen LogP contribution in [0.15, 0.2) is 6.07 Å². The maximum absolute atomic E-state index is 12.5. The summed E-state index contributed by atoms with van der Waals surface area (Å²) in [4.78, 5) is 13.7. The molecule has 3 nitrogen and oxygen atoms in total. The van der Waals surface area contributed by atoms with Crippen LogP contribution >= 0.6 is 22.6 Å². The fourth-order valence-corrected chi connectivity index (χ4v) is 1.96. The van der Waals surface area contributed by atoms with Gasteiger partial charge in [-0.15, -0.1) is 0 Å². The quantitative estimate of drug-likeness (QED) is 0.496. The van der Waals surface area contributed by atoms with Crippen molar-refractivity contribution < 1.29 is 31.9 Å². The highest BCUT2D eigenvalue weighted by atomic mass is 127. The summed E-state index contributed by atoms with van der Waals surface area (Å²) >= 11 is 1.08. The Morgan fingerprint density at radius 1 is 1.41 bits per heavy atom. The first-order valence-corrected chi connectivity index (χ1v) is 5.01. The molecule has 0 aromatic carbocycles. The zero-order chi connectivity index (χ0) is 13.4. The van der Waals surface area contributed by atoms with Crippen molar-refractivity contribution in [2.75, 3.05) is 0 Å². The van der Waals surface area contributed by atoms with Crippen LogP contribution in [0.25, 0.3) is 0 Å². The van der Waals surface area contributed by atoms with Crippen molar-refractivity contribution in [1.82, 2.24) is 4.98 Å². The number of rotatable bonds is 2. The molecular formula is C8H3F5INO2. The van der Waals surface area contributed by atoms with Gasteiger partial charge >= 0.3 is 12.1 Å². The van der Waals surface area contributed by atoms with Gasteiger partial charge in [-0.1, -0.05) is 0 Å². The van der Waals surface area contributed by atoms with Gasteiger partial charge in [-0.25, -0.2) is 18.6 Å². The second-order valence-electron chi connectivity index (χ2n) is 2.86. The Bertz CT molecular complexity index is 460. The number of nitrogens with zero attached hydrogens (tertiary/aromatic N) is 1. The first-order valence-electron chi connectivity index (χ1n) is 3.93. The van der Waals surface area contributed by atoms with E-state index in [9.17, 15) is 26.7 Å². The average molecular weight is 367 g/mol. The van der Waals surface area contributed by atoms with E-state index in [1.54, 1.807) is 0 Å². The lowest BCUT2D eigenvalue weighted by molar-refractivity contribution is -0.139. The largest absolute Gasteiger partial charge is 0.478 e. The van der Waals surface area contributed by atoms with Crippen LogP contribution in [0.2, 0.25) is 0 Å². The van der Waals surface area contributed by atoms with E-state index in [1.807, 2.05) is 0 Å². The molecule has 0 spiro atoms. The van der Waals surface area contributed by atoms with E-state index in [2.05, 4.69) is 4.98 Å². The molecule has 0 unspecified atom stereocenters. The van der Waals surface area contributed by atoms with E-state index in [0.717, 1.165) is 22.6 Å². The van der Waals surface area contributed by atoms with Gasteiger partial charge in [0.05, 0.1) is 5.56 Å². The Morgan fingerprint density at radius 3 is 2.29 bits per heavy atom. The smallest absolute Gasteiger partial charge is 0.419 e. The van der Waals surface area contributed by atoms with Crippen LogP contribution in [0.3, 0.4) is 0 Å². The number of halogens is 6. The summed E-state index contributed by atoms with van der Waals surface area (Å²) < 4.78 is 61.3. The predicted octanol–water partition coefficient (Wildman–Crippen LogP) is 3.34. The van der Waals surface area contributed by atoms with Crippen LogP contribution in [0, 0.1) is 3.70 Å². The van der Waals surface area contributed by atoms with Gasteiger partial charge < -0.3 is 5.11 Å². The van der Waals surface area contributed by atoms with Crippen LogP contribution in [0.5, 0.6) is 0 Å². The Balaban J connectivity index is 3.56. The number of hydrogen-bond acceptors (Lipinski definition) is 2. The summed E-state index contributed by atoms with van der Waals surface area (Å²) in [6, 6.07) is 0.234. The van der Waals surface area contributed by atoms with Crippen molar-refractivity contribution in [3.63, 3.8) is 0 Å². The topological polar surface area (TPSA) is 50.2 Å². The minimum absolute atomic E-state index is 0.234. The molecule has 0 aliphatic heterocycles. The van der Waals surface area contributed by atoms with E-state index in [-0.39, 0.29) is 6.07 Å². The fourth-order valence-electron chi connectivity index (χ4n) is 1.08. The number of aromatic nitrogens is 1. The second-order valence-corrected chi connectivity index (χ2v) is 3.89. The number of aromatic carboxylic acids is 1. The van der Waals surface area contributed by atoms with E-state index in [1.165, 1.54) is 0 Å². The Morgan fingerprint density at radius 2 is 1.94 bits per heavy atom. The maximum Gasteiger partial charge on any atom is 0.419 e. The number of carboxylic acid groups (broad SMARTS) is 1. The van der Waals surface area contributed by atoms with Crippen molar-refractivity contribution in [2.45, 2.75) is 12.6 Å². The average Bonchev–Trinajstić information content (AvgIpc) is 2.13. The van der Waals surface area contributed by atoms with Gasteiger partial charge in [0.1, 0.15) is 15.0 Å². The Hall–Kier alpha value is -1.00. The van der Waals surface area contributed by atoms with Crippen LogP contribution in [0.4, 0.5) is 22.0 Å². The third kappa shape index (κ3) is 3.01. The first kappa shape index (κ1) is 14.1. The standard InChI is InChI=1S/C8H3F5INO2/c9-5(10)3-1-2(7(16)17)4(6(14)15-3)8(11,12)13/h1,5H,(H,16,17). The molecule has 0 aliphatic rings. The van der Waals surface area contributed by atoms with E-state index >= 15 is 0 Å². The number of alkyl halides is 5. The molecule has 0 atom stereocenters. The molecule has 94 valence electrons. The molecule has 0 amide bonds. The highest BCUT2D eigenvalue weighted by Gasteiger charge is 2.39. The molecule has 0 fully saturated rings. The van der Waals surface area contributed by atoms with Gasteiger partial charge in [0, 0.05) is 0 Å². The Labute approximate surface area is 105 Å². The Kier molecular flexibility index (Phi) is 3.89. The normalized spacial score (nSPS) is 11.9. The van der Waals surface area contributed by atoms with Gasteiger partial charge in [-0.2, -0.15) is 13.2 Å². The highest BCUT2D eigenvalue weighted by molar-refractivity contribution is 14.1.